The fourth-order valence-corrected chi connectivity index (χ4v) is 2.95. The molecule has 1 aliphatic carbocycles. The molecular formula is C13H17ClINO. The molecule has 0 aromatic heterocycles. The van der Waals surface area contributed by atoms with Gasteiger partial charge in [-0.25, -0.2) is 0 Å². The normalized spacial score (nSPS) is 19.0. The lowest BCUT2D eigenvalue weighted by Crippen LogP contribution is -2.38. The first-order chi connectivity index (χ1) is 8.09. The van der Waals surface area contributed by atoms with Gasteiger partial charge in [-0.1, -0.05) is 30.9 Å². The van der Waals surface area contributed by atoms with Crippen molar-refractivity contribution in [2.24, 2.45) is 0 Å². The zero-order valence-electron chi connectivity index (χ0n) is 9.68. The molecule has 0 heterocycles. The zero-order valence-corrected chi connectivity index (χ0v) is 12.6. The molecule has 0 radical (unpaired) electrons. The van der Waals surface area contributed by atoms with Crippen LogP contribution in [-0.2, 0) is 0 Å². The van der Waals surface area contributed by atoms with Crippen LogP contribution in [-0.4, -0.2) is 17.3 Å². The Labute approximate surface area is 121 Å². The van der Waals surface area contributed by atoms with E-state index in [1.807, 2.05) is 18.2 Å². The highest BCUT2D eigenvalue weighted by Crippen LogP contribution is 2.30. The summed E-state index contributed by atoms with van der Waals surface area (Å²) in [6.45, 7) is 0.590. The highest BCUT2D eigenvalue weighted by Gasteiger charge is 2.28. The molecule has 0 spiro atoms. The summed E-state index contributed by atoms with van der Waals surface area (Å²) in [5.74, 6) is 0. The summed E-state index contributed by atoms with van der Waals surface area (Å²) >= 11 is 8.37. The molecule has 2 nitrogen and oxygen atoms in total. The van der Waals surface area contributed by atoms with Crippen molar-refractivity contribution in [1.82, 2.24) is 0 Å². The number of anilines is 1. The second-order valence-electron chi connectivity index (χ2n) is 4.76. The Bertz CT molecular complexity index is 391. The van der Waals surface area contributed by atoms with Crippen LogP contribution in [0.3, 0.4) is 0 Å². The fraction of sp³-hybridized carbons (Fsp3) is 0.538. The van der Waals surface area contributed by atoms with E-state index in [1.54, 1.807) is 0 Å². The van der Waals surface area contributed by atoms with Crippen LogP contribution in [0.2, 0.25) is 5.02 Å². The van der Waals surface area contributed by atoms with E-state index in [1.165, 1.54) is 6.42 Å². The lowest BCUT2D eigenvalue weighted by molar-refractivity contribution is 0.0167. The zero-order chi connectivity index (χ0) is 12.3. The number of hydrogen-bond acceptors (Lipinski definition) is 2. The summed E-state index contributed by atoms with van der Waals surface area (Å²) in [7, 11) is 0. The van der Waals surface area contributed by atoms with Crippen LogP contribution in [0.25, 0.3) is 0 Å². The summed E-state index contributed by atoms with van der Waals surface area (Å²) in [6.07, 6.45) is 5.27. The molecule has 0 unspecified atom stereocenters. The quantitative estimate of drug-likeness (QED) is 0.792. The van der Waals surface area contributed by atoms with Gasteiger partial charge in [0.1, 0.15) is 0 Å². The van der Waals surface area contributed by atoms with Crippen molar-refractivity contribution in [2.45, 2.75) is 37.7 Å². The summed E-state index contributed by atoms with van der Waals surface area (Å²) in [6, 6.07) is 5.87. The highest BCUT2D eigenvalue weighted by molar-refractivity contribution is 14.1. The van der Waals surface area contributed by atoms with Gasteiger partial charge in [-0.15, -0.1) is 0 Å². The predicted octanol–water partition coefficient (Wildman–Crippen LogP) is 4.05. The number of benzene rings is 1. The maximum atomic E-state index is 10.4. The highest BCUT2D eigenvalue weighted by atomic mass is 127. The molecule has 94 valence electrons. The minimum atomic E-state index is -0.553. The van der Waals surface area contributed by atoms with Gasteiger partial charge < -0.3 is 10.4 Å². The third kappa shape index (κ3) is 3.73. The van der Waals surface area contributed by atoms with Gasteiger partial charge in [-0.3, -0.25) is 0 Å². The van der Waals surface area contributed by atoms with Crippen LogP contribution in [0, 0.1) is 3.57 Å². The summed E-state index contributed by atoms with van der Waals surface area (Å²) in [5, 5.41) is 14.4. The maximum absolute atomic E-state index is 10.4. The van der Waals surface area contributed by atoms with Crippen molar-refractivity contribution >= 4 is 39.9 Å². The molecule has 17 heavy (non-hydrogen) atoms. The van der Waals surface area contributed by atoms with Gasteiger partial charge in [-0.05, 0) is 53.6 Å². The monoisotopic (exact) mass is 365 g/mol. The van der Waals surface area contributed by atoms with Crippen LogP contribution in [0.5, 0.6) is 0 Å². The minimum absolute atomic E-state index is 0.553. The van der Waals surface area contributed by atoms with Gasteiger partial charge in [0, 0.05) is 10.1 Å². The Hall–Kier alpha value is -0.0000000000000000555. The van der Waals surface area contributed by atoms with Gasteiger partial charge >= 0.3 is 0 Å². The number of nitrogens with one attached hydrogen (secondary N) is 1. The second kappa shape index (κ2) is 5.76. The SMILES string of the molecule is OC1(CNc2cc(I)ccc2Cl)CCCCC1. The van der Waals surface area contributed by atoms with Crippen molar-refractivity contribution in [2.75, 3.05) is 11.9 Å². The van der Waals surface area contributed by atoms with E-state index in [2.05, 4.69) is 27.9 Å². The third-order valence-corrected chi connectivity index (χ3v) is 4.32. The van der Waals surface area contributed by atoms with E-state index >= 15 is 0 Å². The van der Waals surface area contributed by atoms with E-state index in [-0.39, 0.29) is 0 Å². The van der Waals surface area contributed by atoms with Crippen LogP contribution < -0.4 is 5.32 Å². The Balaban J connectivity index is 1.99. The Morgan fingerprint density at radius 1 is 1.29 bits per heavy atom. The van der Waals surface area contributed by atoms with Crippen molar-refractivity contribution in [3.05, 3.63) is 26.8 Å². The van der Waals surface area contributed by atoms with Gasteiger partial charge in [0.15, 0.2) is 0 Å². The lowest BCUT2D eigenvalue weighted by atomic mass is 9.85. The number of aliphatic hydroxyl groups is 1. The lowest BCUT2D eigenvalue weighted by Gasteiger charge is -2.32. The van der Waals surface area contributed by atoms with Crippen molar-refractivity contribution < 1.29 is 5.11 Å². The summed E-state index contributed by atoms with van der Waals surface area (Å²) < 4.78 is 1.14. The van der Waals surface area contributed by atoms with Crippen LogP contribution in [0.4, 0.5) is 5.69 Å². The van der Waals surface area contributed by atoms with E-state index in [4.69, 9.17) is 11.6 Å². The third-order valence-electron chi connectivity index (χ3n) is 3.32. The molecule has 2 rings (SSSR count). The number of hydrogen-bond donors (Lipinski definition) is 2. The fourth-order valence-electron chi connectivity index (χ4n) is 2.28. The Morgan fingerprint density at radius 2 is 2.00 bits per heavy atom. The molecule has 0 bridgehead atoms. The van der Waals surface area contributed by atoms with Crippen molar-refractivity contribution in [3.8, 4) is 0 Å². The van der Waals surface area contributed by atoms with Gasteiger partial charge in [0.25, 0.3) is 0 Å². The van der Waals surface area contributed by atoms with E-state index in [0.29, 0.717) is 11.6 Å². The smallest absolute Gasteiger partial charge is 0.0819 e. The standard InChI is InChI=1S/C13H17ClINO/c14-11-5-4-10(15)8-12(11)16-9-13(17)6-2-1-3-7-13/h4-5,8,16-17H,1-3,6-7,9H2. The van der Waals surface area contributed by atoms with E-state index < -0.39 is 5.60 Å². The molecule has 0 aliphatic heterocycles. The van der Waals surface area contributed by atoms with Gasteiger partial charge in [-0.2, -0.15) is 0 Å². The molecule has 0 saturated heterocycles. The summed E-state index contributed by atoms with van der Waals surface area (Å²) in [5.41, 5.74) is 0.362. The minimum Gasteiger partial charge on any atom is -0.388 e. The predicted molar refractivity (Wildman–Crippen MR) is 80.7 cm³/mol. The van der Waals surface area contributed by atoms with Crippen molar-refractivity contribution in [1.29, 1.82) is 0 Å². The first kappa shape index (κ1) is 13.4. The molecule has 1 aromatic carbocycles. The Kier molecular flexibility index (Phi) is 4.55. The molecule has 1 fully saturated rings. The molecule has 4 heteroatoms. The first-order valence-corrected chi connectivity index (χ1v) is 7.46. The van der Waals surface area contributed by atoms with Crippen LogP contribution in [0.15, 0.2) is 18.2 Å². The molecule has 1 saturated carbocycles. The number of rotatable bonds is 3. The molecule has 1 aliphatic rings. The van der Waals surface area contributed by atoms with Gasteiger partial charge in [0.2, 0.25) is 0 Å². The largest absolute Gasteiger partial charge is 0.388 e. The van der Waals surface area contributed by atoms with Crippen LogP contribution >= 0.6 is 34.2 Å². The van der Waals surface area contributed by atoms with E-state index in [9.17, 15) is 5.11 Å². The van der Waals surface area contributed by atoms with E-state index in [0.717, 1.165) is 34.9 Å². The first-order valence-electron chi connectivity index (χ1n) is 6.00. The molecule has 0 atom stereocenters. The molecule has 0 amide bonds. The second-order valence-corrected chi connectivity index (χ2v) is 6.42. The molecular weight excluding hydrogens is 349 g/mol. The topological polar surface area (TPSA) is 32.3 Å². The molecule has 2 N–H and O–H groups in total. The average molecular weight is 366 g/mol. The molecule has 1 aromatic rings. The van der Waals surface area contributed by atoms with Crippen molar-refractivity contribution in [3.63, 3.8) is 0 Å². The summed E-state index contributed by atoms with van der Waals surface area (Å²) in [4.78, 5) is 0. The van der Waals surface area contributed by atoms with Gasteiger partial charge in [0.05, 0.1) is 16.3 Å². The number of halogens is 2. The van der Waals surface area contributed by atoms with Crippen LogP contribution in [0.1, 0.15) is 32.1 Å². The average Bonchev–Trinajstić information content (AvgIpc) is 2.31. The Morgan fingerprint density at radius 3 is 2.71 bits per heavy atom. The maximum Gasteiger partial charge on any atom is 0.0819 e.